The number of fused-ring (bicyclic) bond motifs is 1. The van der Waals surface area contributed by atoms with Crippen molar-refractivity contribution in [1.29, 1.82) is 0 Å². The molecule has 0 spiro atoms. The second-order valence-electron chi connectivity index (χ2n) is 6.84. The molecule has 0 atom stereocenters. The zero-order valence-electron chi connectivity index (χ0n) is 15.4. The van der Waals surface area contributed by atoms with Crippen LogP contribution in [-0.4, -0.2) is 71.4 Å². The lowest BCUT2D eigenvalue weighted by Gasteiger charge is -2.32. The lowest BCUT2D eigenvalue weighted by molar-refractivity contribution is -0.121. The summed E-state index contributed by atoms with van der Waals surface area (Å²) >= 11 is 1.30. The van der Waals surface area contributed by atoms with Gasteiger partial charge in [-0.25, -0.2) is 10.4 Å². The Morgan fingerprint density at radius 3 is 2.68 bits per heavy atom. The maximum absolute atomic E-state index is 12.7. The van der Waals surface area contributed by atoms with Crippen molar-refractivity contribution in [2.45, 2.75) is 12.8 Å². The third-order valence-corrected chi connectivity index (χ3v) is 5.75. The number of benzene rings is 1. The number of likely N-dealkylation sites (N-methyl/N-ethyl adjacent to an activating group) is 1. The number of hydrazone groups is 1. The van der Waals surface area contributed by atoms with Gasteiger partial charge in [0.2, 0.25) is 5.91 Å². The van der Waals surface area contributed by atoms with Crippen molar-refractivity contribution in [3.05, 3.63) is 23.8 Å². The van der Waals surface area contributed by atoms with Gasteiger partial charge in [0.1, 0.15) is 5.71 Å². The zero-order chi connectivity index (χ0) is 19.7. The molecule has 3 amide bonds. The molecular formula is C18H20N6O3S. The number of anilines is 1. The molecule has 10 heteroatoms. The summed E-state index contributed by atoms with van der Waals surface area (Å²) in [4.78, 5) is 44.6. The molecule has 0 saturated carbocycles. The summed E-state index contributed by atoms with van der Waals surface area (Å²) in [5.74, 6) is -0.567. The van der Waals surface area contributed by atoms with Gasteiger partial charge in [-0.05, 0) is 25.2 Å². The minimum atomic E-state index is -0.382. The molecule has 2 N–H and O–H groups in total. The zero-order valence-corrected chi connectivity index (χ0v) is 16.2. The van der Waals surface area contributed by atoms with Crippen LogP contribution in [0.1, 0.15) is 23.2 Å². The standard InChI is InChI=1S/C18H20N6O3S/c1-23-6-8-24(9-7-23)17(27)11-2-3-12-14(10-11)28-18(19-12)20-16(26)13-4-5-15(25)22-21-13/h2-3,10H,4-9H2,1H3,(H,22,25)(H,19,20,26). The molecule has 2 aliphatic rings. The summed E-state index contributed by atoms with van der Waals surface area (Å²) < 4.78 is 0.828. The van der Waals surface area contributed by atoms with E-state index in [9.17, 15) is 14.4 Å². The molecule has 0 radical (unpaired) electrons. The van der Waals surface area contributed by atoms with E-state index in [-0.39, 0.29) is 29.9 Å². The molecule has 1 saturated heterocycles. The smallest absolute Gasteiger partial charge is 0.273 e. The summed E-state index contributed by atoms with van der Waals surface area (Å²) in [5.41, 5.74) is 3.91. The molecule has 2 aliphatic heterocycles. The number of rotatable bonds is 3. The molecule has 1 aromatic carbocycles. The van der Waals surface area contributed by atoms with Crippen LogP contribution < -0.4 is 10.7 Å². The molecule has 0 aliphatic carbocycles. The summed E-state index contributed by atoms with van der Waals surface area (Å²) in [6.07, 6.45) is 0.538. The third kappa shape index (κ3) is 3.87. The van der Waals surface area contributed by atoms with E-state index in [4.69, 9.17) is 0 Å². The maximum Gasteiger partial charge on any atom is 0.273 e. The van der Waals surface area contributed by atoms with Crippen LogP contribution in [0.4, 0.5) is 5.13 Å². The highest BCUT2D eigenvalue weighted by Gasteiger charge is 2.22. The first-order chi connectivity index (χ1) is 13.5. The summed E-state index contributed by atoms with van der Waals surface area (Å²) in [5, 5.41) is 6.94. The number of carbonyl (C=O) groups excluding carboxylic acids is 3. The van der Waals surface area contributed by atoms with Crippen molar-refractivity contribution in [3.8, 4) is 0 Å². The van der Waals surface area contributed by atoms with Crippen molar-refractivity contribution in [2.75, 3.05) is 38.5 Å². The maximum atomic E-state index is 12.7. The van der Waals surface area contributed by atoms with Gasteiger partial charge in [0, 0.05) is 44.6 Å². The number of carbonyl (C=O) groups is 3. The molecule has 28 heavy (non-hydrogen) atoms. The minimum Gasteiger partial charge on any atom is -0.336 e. The fourth-order valence-corrected chi connectivity index (χ4v) is 4.01. The molecule has 1 fully saturated rings. The van der Waals surface area contributed by atoms with Crippen LogP contribution >= 0.6 is 11.3 Å². The summed E-state index contributed by atoms with van der Waals surface area (Å²) in [7, 11) is 2.05. The second kappa shape index (κ2) is 7.64. The molecule has 0 bridgehead atoms. The van der Waals surface area contributed by atoms with Gasteiger partial charge in [0.05, 0.1) is 10.2 Å². The Morgan fingerprint density at radius 2 is 1.96 bits per heavy atom. The second-order valence-corrected chi connectivity index (χ2v) is 7.88. The lowest BCUT2D eigenvalue weighted by Crippen LogP contribution is -2.47. The van der Waals surface area contributed by atoms with E-state index in [0.29, 0.717) is 22.6 Å². The van der Waals surface area contributed by atoms with Crippen molar-refractivity contribution < 1.29 is 14.4 Å². The number of thiazole rings is 1. The van der Waals surface area contributed by atoms with Gasteiger partial charge in [-0.15, -0.1) is 0 Å². The van der Waals surface area contributed by atoms with Gasteiger partial charge >= 0.3 is 0 Å². The first kappa shape index (κ1) is 18.5. The molecule has 2 aromatic rings. The Morgan fingerprint density at radius 1 is 1.18 bits per heavy atom. The fourth-order valence-electron chi connectivity index (χ4n) is 3.11. The van der Waals surface area contributed by atoms with Crippen molar-refractivity contribution >= 4 is 50.1 Å². The van der Waals surface area contributed by atoms with Crippen molar-refractivity contribution in [3.63, 3.8) is 0 Å². The number of amides is 3. The van der Waals surface area contributed by atoms with Crippen LogP contribution in [0.15, 0.2) is 23.3 Å². The van der Waals surface area contributed by atoms with Gasteiger partial charge in [-0.2, -0.15) is 5.10 Å². The van der Waals surface area contributed by atoms with Crippen LogP contribution in [0, 0.1) is 0 Å². The number of hydrogen-bond acceptors (Lipinski definition) is 7. The van der Waals surface area contributed by atoms with Crippen molar-refractivity contribution in [2.24, 2.45) is 5.10 Å². The quantitative estimate of drug-likeness (QED) is 0.796. The van der Waals surface area contributed by atoms with Crippen LogP contribution in [0.2, 0.25) is 0 Å². The van der Waals surface area contributed by atoms with E-state index in [1.165, 1.54) is 11.3 Å². The van der Waals surface area contributed by atoms with Gasteiger partial charge in [-0.3, -0.25) is 19.7 Å². The fraction of sp³-hybridized carbons (Fsp3) is 0.389. The average Bonchev–Trinajstić information content (AvgIpc) is 3.09. The average molecular weight is 400 g/mol. The Balaban J connectivity index is 1.48. The van der Waals surface area contributed by atoms with E-state index < -0.39 is 0 Å². The highest BCUT2D eigenvalue weighted by Crippen LogP contribution is 2.27. The minimum absolute atomic E-state index is 0.0151. The molecule has 3 heterocycles. The highest BCUT2D eigenvalue weighted by molar-refractivity contribution is 7.22. The van der Waals surface area contributed by atoms with Crippen molar-refractivity contribution in [1.82, 2.24) is 20.2 Å². The van der Waals surface area contributed by atoms with Crippen LogP contribution in [-0.2, 0) is 9.59 Å². The monoisotopic (exact) mass is 400 g/mol. The highest BCUT2D eigenvalue weighted by atomic mass is 32.1. The molecular weight excluding hydrogens is 380 g/mol. The van der Waals surface area contributed by atoms with Crippen LogP contribution in [0.5, 0.6) is 0 Å². The predicted molar refractivity (Wildman–Crippen MR) is 106 cm³/mol. The van der Waals surface area contributed by atoms with Gasteiger partial charge in [-0.1, -0.05) is 11.3 Å². The molecule has 146 valence electrons. The molecule has 9 nitrogen and oxygen atoms in total. The lowest BCUT2D eigenvalue weighted by atomic mass is 10.1. The van der Waals surface area contributed by atoms with Gasteiger partial charge in [0.25, 0.3) is 11.8 Å². The number of nitrogens with zero attached hydrogens (tertiary/aromatic N) is 4. The first-order valence-electron chi connectivity index (χ1n) is 9.05. The Bertz CT molecular complexity index is 977. The molecule has 0 unspecified atom stereocenters. The van der Waals surface area contributed by atoms with Gasteiger partial charge in [0.15, 0.2) is 5.13 Å². The first-order valence-corrected chi connectivity index (χ1v) is 9.86. The van der Waals surface area contributed by atoms with E-state index in [1.54, 1.807) is 12.1 Å². The van der Waals surface area contributed by atoms with Crippen LogP contribution in [0.25, 0.3) is 10.2 Å². The van der Waals surface area contributed by atoms with Crippen LogP contribution in [0.3, 0.4) is 0 Å². The van der Waals surface area contributed by atoms with E-state index in [0.717, 1.165) is 30.9 Å². The van der Waals surface area contributed by atoms with E-state index in [1.807, 2.05) is 18.0 Å². The Labute approximate surface area is 165 Å². The summed E-state index contributed by atoms with van der Waals surface area (Å²) in [6, 6.07) is 5.39. The molecule has 1 aromatic heterocycles. The third-order valence-electron chi connectivity index (χ3n) is 4.81. The number of piperazine rings is 1. The van der Waals surface area contributed by atoms with E-state index >= 15 is 0 Å². The largest absolute Gasteiger partial charge is 0.336 e. The summed E-state index contributed by atoms with van der Waals surface area (Å²) in [6.45, 7) is 3.18. The topological polar surface area (TPSA) is 107 Å². The Kier molecular flexibility index (Phi) is 5.05. The Hall–Kier alpha value is -2.85. The van der Waals surface area contributed by atoms with Gasteiger partial charge < -0.3 is 9.80 Å². The normalized spacial score (nSPS) is 18.0. The molecule has 4 rings (SSSR count). The SMILES string of the molecule is CN1CCN(C(=O)c2ccc3nc(NC(=O)C4=NNC(=O)CC4)sc3c2)CC1. The number of hydrogen-bond donors (Lipinski definition) is 2. The van der Waals surface area contributed by atoms with E-state index in [2.05, 4.69) is 25.7 Å². The number of nitrogens with one attached hydrogen (secondary N) is 2. The number of aromatic nitrogens is 1. The predicted octanol–water partition coefficient (Wildman–Crippen LogP) is 0.888.